The highest BCUT2D eigenvalue weighted by atomic mass is 32.2. The van der Waals surface area contributed by atoms with Crippen molar-refractivity contribution in [2.24, 2.45) is 23.7 Å². The molecule has 0 aromatic heterocycles. The molecule has 2 saturated heterocycles. The minimum Gasteiger partial charge on any atom is -0.312 e. The average Bonchev–Trinajstić information content (AvgIpc) is 2.84. The van der Waals surface area contributed by atoms with Gasteiger partial charge in [-0.15, -0.1) is 0 Å². The van der Waals surface area contributed by atoms with Crippen LogP contribution in [0.3, 0.4) is 0 Å². The van der Waals surface area contributed by atoms with Crippen molar-refractivity contribution in [3.05, 3.63) is 0 Å². The molecule has 23 heavy (non-hydrogen) atoms. The topological polar surface area (TPSA) is 65.1 Å². The highest BCUT2D eigenvalue weighted by Gasteiger charge is 2.66. The predicted octanol–water partition coefficient (Wildman–Crippen LogP) is 1.87. The lowest BCUT2D eigenvalue weighted by atomic mass is 9.53. The van der Waals surface area contributed by atoms with E-state index in [0.29, 0.717) is 37.8 Å². The van der Waals surface area contributed by atoms with Crippen molar-refractivity contribution < 1.29 is 22.9 Å². The summed E-state index contributed by atoms with van der Waals surface area (Å²) >= 11 is 0. The molecule has 0 radical (unpaired) electrons. The van der Waals surface area contributed by atoms with E-state index in [0.717, 1.165) is 11.8 Å². The summed E-state index contributed by atoms with van der Waals surface area (Å²) in [6.45, 7) is 0.887. The molecule has 2 aliphatic heterocycles. The van der Waals surface area contributed by atoms with E-state index in [1.54, 1.807) is 0 Å². The monoisotopic (exact) mass is 343 g/mol. The van der Waals surface area contributed by atoms with Crippen LogP contribution >= 0.6 is 0 Å². The van der Waals surface area contributed by atoms with Crippen LogP contribution in [0.25, 0.3) is 0 Å². The zero-order valence-corrected chi connectivity index (χ0v) is 14.4. The van der Waals surface area contributed by atoms with E-state index < -0.39 is 21.6 Å². The van der Waals surface area contributed by atoms with E-state index in [9.17, 15) is 8.42 Å². The number of hydrogen-bond acceptors (Lipinski definition) is 5. The van der Waals surface area contributed by atoms with Crippen molar-refractivity contribution in [3.8, 4) is 0 Å². The number of nitrogens with zero attached hydrogens (tertiary/aromatic N) is 1. The highest BCUT2D eigenvalue weighted by Crippen LogP contribution is 2.63. The van der Waals surface area contributed by atoms with Crippen molar-refractivity contribution in [1.82, 2.24) is 4.31 Å². The molecule has 7 heteroatoms. The van der Waals surface area contributed by atoms with Gasteiger partial charge in [-0.05, 0) is 43.9 Å². The summed E-state index contributed by atoms with van der Waals surface area (Å²) in [5, 5.41) is 0. The predicted molar refractivity (Wildman–Crippen MR) is 81.4 cm³/mol. The lowest BCUT2D eigenvalue weighted by molar-refractivity contribution is -0.390. The molecule has 4 saturated carbocycles. The summed E-state index contributed by atoms with van der Waals surface area (Å²) in [5.41, 5.74) is 0. The van der Waals surface area contributed by atoms with Gasteiger partial charge in [-0.3, -0.25) is 0 Å². The molecule has 0 unspecified atom stereocenters. The number of hydrogen-bond donors (Lipinski definition) is 0. The van der Waals surface area contributed by atoms with Crippen LogP contribution in [-0.2, 0) is 24.5 Å². The zero-order valence-electron chi connectivity index (χ0n) is 13.6. The fourth-order valence-electron chi connectivity index (χ4n) is 5.95. The summed E-state index contributed by atoms with van der Waals surface area (Å²) in [5.74, 6) is 1.30. The second kappa shape index (κ2) is 4.69. The molecule has 6 rings (SSSR count). The first-order chi connectivity index (χ1) is 10.9. The minimum atomic E-state index is -3.14. The molecule has 0 amide bonds. The second-order valence-electron chi connectivity index (χ2n) is 8.37. The Kier molecular flexibility index (Phi) is 3.08. The molecular formula is C16H25NO5S. The second-order valence-corrected chi connectivity index (χ2v) is 10.3. The van der Waals surface area contributed by atoms with Gasteiger partial charge < -0.3 is 4.74 Å². The van der Waals surface area contributed by atoms with Crippen LogP contribution in [0.2, 0.25) is 0 Å². The fraction of sp³-hybridized carbons (Fsp3) is 1.00. The number of piperidine rings is 1. The van der Waals surface area contributed by atoms with E-state index in [1.165, 1.54) is 42.7 Å². The van der Waals surface area contributed by atoms with Gasteiger partial charge in [-0.1, -0.05) is 0 Å². The van der Waals surface area contributed by atoms with E-state index in [2.05, 4.69) is 0 Å². The van der Waals surface area contributed by atoms with E-state index in [-0.39, 0.29) is 0 Å². The molecule has 6 fully saturated rings. The van der Waals surface area contributed by atoms with Crippen LogP contribution in [0.15, 0.2) is 0 Å². The van der Waals surface area contributed by atoms with Gasteiger partial charge in [0, 0.05) is 37.8 Å². The summed E-state index contributed by atoms with van der Waals surface area (Å²) < 4.78 is 31.5. The first kappa shape index (κ1) is 15.1. The van der Waals surface area contributed by atoms with Crippen molar-refractivity contribution in [1.29, 1.82) is 0 Å². The number of sulfonamides is 1. The van der Waals surface area contributed by atoms with Crippen LogP contribution in [0, 0.1) is 23.7 Å². The normalized spacial score (nSPS) is 48.6. The van der Waals surface area contributed by atoms with Gasteiger partial charge in [0.25, 0.3) is 0 Å². The SMILES string of the molecule is CS(=O)(=O)N1CCC2(CC1)OOC1(O2)C2CC3CC(C2)CC1C3. The molecule has 0 N–H and O–H groups in total. The Bertz CT molecular complexity index is 582. The fourth-order valence-corrected chi connectivity index (χ4v) is 6.80. The lowest BCUT2D eigenvalue weighted by Crippen LogP contribution is -2.59. The van der Waals surface area contributed by atoms with Gasteiger partial charge >= 0.3 is 0 Å². The average molecular weight is 343 g/mol. The van der Waals surface area contributed by atoms with Gasteiger partial charge in [-0.2, -0.15) is 9.78 Å². The third kappa shape index (κ3) is 2.16. The maximum Gasteiger partial charge on any atom is 0.211 e. The van der Waals surface area contributed by atoms with E-state index in [1.807, 2.05) is 0 Å². The number of rotatable bonds is 1. The van der Waals surface area contributed by atoms with Crippen LogP contribution in [-0.4, -0.2) is 43.6 Å². The van der Waals surface area contributed by atoms with Crippen molar-refractivity contribution in [2.75, 3.05) is 19.3 Å². The Hall–Kier alpha value is -0.210. The van der Waals surface area contributed by atoms with Crippen molar-refractivity contribution in [2.45, 2.75) is 56.5 Å². The Morgan fingerprint density at radius 3 is 2.00 bits per heavy atom. The smallest absolute Gasteiger partial charge is 0.211 e. The quantitative estimate of drug-likeness (QED) is 0.680. The molecule has 4 bridgehead atoms. The minimum absolute atomic E-state index is 0.443. The summed E-state index contributed by atoms with van der Waals surface area (Å²) in [6.07, 6.45) is 8.53. The van der Waals surface area contributed by atoms with Crippen LogP contribution in [0.4, 0.5) is 0 Å². The largest absolute Gasteiger partial charge is 0.312 e. The molecule has 0 aromatic carbocycles. The lowest BCUT2D eigenvalue weighted by Gasteiger charge is -2.57. The highest BCUT2D eigenvalue weighted by molar-refractivity contribution is 7.88. The van der Waals surface area contributed by atoms with Crippen LogP contribution in [0.1, 0.15) is 44.9 Å². The van der Waals surface area contributed by atoms with Gasteiger partial charge in [0.2, 0.25) is 21.6 Å². The van der Waals surface area contributed by atoms with Crippen molar-refractivity contribution >= 4 is 10.0 Å². The molecule has 130 valence electrons. The maximum atomic E-state index is 11.7. The standard InChI is InChI=1S/C16H25NO5S/c1-23(18,19)17-4-2-15(3-5-17)20-16(22-21-15)13-7-11-6-12(9-13)10-14(16)8-11/h11-14H,2-10H2,1H3. The molecule has 0 aromatic rings. The van der Waals surface area contributed by atoms with Gasteiger partial charge in [0.1, 0.15) is 0 Å². The molecule has 6 nitrogen and oxygen atoms in total. The van der Waals surface area contributed by atoms with Gasteiger partial charge in [-0.25, -0.2) is 12.7 Å². The zero-order chi connectivity index (χ0) is 15.9. The van der Waals surface area contributed by atoms with Gasteiger partial charge in [0.15, 0.2) is 0 Å². The van der Waals surface area contributed by atoms with E-state index in [4.69, 9.17) is 14.5 Å². The molecule has 0 atom stereocenters. The van der Waals surface area contributed by atoms with Crippen LogP contribution in [0.5, 0.6) is 0 Å². The third-order valence-corrected chi connectivity index (χ3v) is 8.20. The van der Waals surface area contributed by atoms with Crippen molar-refractivity contribution in [3.63, 3.8) is 0 Å². The molecular weight excluding hydrogens is 318 g/mol. The Morgan fingerprint density at radius 1 is 0.913 bits per heavy atom. The molecule has 2 heterocycles. The molecule has 2 spiro atoms. The first-order valence-corrected chi connectivity index (χ1v) is 10.8. The first-order valence-electron chi connectivity index (χ1n) is 8.91. The maximum absolute atomic E-state index is 11.7. The Labute approximate surface area is 137 Å². The number of ether oxygens (including phenoxy) is 1. The third-order valence-electron chi connectivity index (χ3n) is 6.90. The summed E-state index contributed by atoms with van der Waals surface area (Å²) in [6, 6.07) is 0. The summed E-state index contributed by atoms with van der Waals surface area (Å²) in [4.78, 5) is 11.7. The van der Waals surface area contributed by atoms with Crippen LogP contribution < -0.4 is 0 Å². The summed E-state index contributed by atoms with van der Waals surface area (Å²) in [7, 11) is -3.14. The molecule has 4 aliphatic carbocycles. The Morgan fingerprint density at radius 2 is 1.48 bits per heavy atom. The Balaban J connectivity index is 1.35. The van der Waals surface area contributed by atoms with E-state index >= 15 is 0 Å². The molecule has 6 aliphatic rings. The van der Waals surface area contributed by atoms with Gasteiger partial charge in [0.05, 0.1) is 6.26 Å².